The molecule has 20 heteroatoms. The number of carbonyl (C=O) groups is 1. The molecule has 9 aliphatic rings. The van der Waals surface area contributed by atoms with Crippen LogP contribution in [0, 0.1) is 47.3 Å². The summed E-state index contributed by atoms with van der Waals surface area (Å²) in [6.45, 7) is 21.4. The molecule has 506 valence electrons. The maximum absolute atomic E-state index is 16.0. The molecule has 4 N–H and O–H groups in total. The normalized spacial score (nSPS) is 28.4. The molecule has 8 aromatic carbocycles. The average Bonchev–Trinajstić information content (AvgIpc) is 1.29. The predicted molar refractivity (Wildman–Crippen MR) is 388 cm³/mol. The van der Waals surface area contributed by atoms with Crippen molar-refractivity contribution in [1.82, 2.24) is 17.2 Å². The highest BCUT2D eigenvalue weighted by Gasteiger charge is 2.51. The molecule has 6 aliphatic heterocycles. The van der Waals surface area contributed by atoms with Crippen molar-refractivity contribution in [2.45, 2.75) is 112 Å². The summed E-state index contributed by atoms with van der Waals surface area (Å²) in [7, 11) is -12.1. The third-order valence-electron chi connectivity index (χ3n) is 22.4. The third-order valence-corrected chi connectivity index (χ3v) is 28.9. The minimum Gasteiger partial charge on any atom is -0.506 e. The highest BCUT2D eigenvalue weighted by Crippen LogP contribution is 2.58. The molecule has 0 radical (unpaired) electrons. The Balaban J connectivity index is 0.848. The van der Waals surface area contributed by atoms with Crippen LogP contribution in [0.1, 0.15) is 109 Å². The number of sulfonamides is 3. The number of hydrogen-bond acceptors (Lipinski definition) is 14. The van der Waals surface area contributed by atoms with Crippen LogP contribution >= 0.6 is 11.9 Å². The van der Waals surface area contributed by atoms with E-state index in [2.05, 4.69) is 93.8 Å². The van der Waals surface area contributed by atoms with Gasteiger partial charge in [0.2, 0.25) is 35.9 Å². The number of nitrogens with zero attached hydrogens (tertiary/aromatic N) is 5. The summed E-state index contributed by atoms with van der Waals surface area (Å²) in [6.07, 6.45) is 3.94. The zero-order valence-corrected chi connectivity index (χ0v) is 59.7. The molecule has 4 fully saturated rings. The van der Waals surface area contributed by atoms with Crippen molar-refractivity contribution in [3.63, 3.8) is 0 Å². The number of allylic oxidation sites excluding steroid dienone is 2. The van der Waals surface area contributed by atoms with Gasteiger partial charge in [-0.2, -0.15) is 12.9 Å². The Morgan fingerprint density at radius 1 is 0.449 bits per heavy atom. The number of carbonyl (C=O) groups excluding carboxylic acids is 1. The van der Waals surface area contributed by atoms with Crippen LogP contribution in [-0.2, 0) is 46.2 Å². The van der Waals surface area contributed by atoms with Crippen LogP contribution in [0.25, 0.3) is 54.9 Å². The lowest BCUT2D eigenvalue weighted by atomic mass is 9.79. The summed E-state index contributed by atoms with van der Waals surface area (Å²) < 4.78 is 97.4. The molecule has 8 aromatic rings. The van der Waals surface area contributed by atoms with Crippen molar-refractivity contribution in [2.24, 2.45) is 52.3 Å². The molecule has 98 heavy (non-hydrogen) atoms. The van der Waals surface area contributed by atoms with Gasteiger partial charge < -0.3 is 21.1 Å². The largest absolute Gasteiger partial charge is 0.506 e. The topological polar surface area (TPSA) is 201 Å². The highest BCUT2D eigenvalue weighted by molar-refractivity contribution is 7.97. The first-order valence-electron chi connectivity index (χ1n) is 34.9. The lowest BCUT2D eigenvalue weighted by Gasteiger charge is -2.42. The number of ketones is 1. The first kappa shape index (κ1) is 64.0. The Hall–Kier alpha value is -7.40. The molecular formula is C78H82N8O8S4. The number of anilines is 3. The highest BCUT2D eigenvalue weighted by atomic mass is 32.2. The fraction of sp³-hybridized carbons (Fsp3) is 0.385. The second-order valence-electron chi connectivity index (χ2n) is 30.7. The lowest BCUT2D eigenvalue weighted by Crippen LogP contribution is -2.46. The standard InChI is InChI=1S/C78H82N8O8S4/c1-43-27-44(2)36-83(35-43)95-53-17-23-57-58-24-18-54(96(89,90)84-37-45(3)28-46(4)38-84)32-64(58)77(63(57)31-53)79-67-13-9-11-51-15-21-61(73(81-77)69(51)67)71-75(87)72(76(71)88)62-22-16-52-12-10-14-68-70(52)74(62)82-78(80-68)65-33-55(97(91,92)85-39-47(5)29-48(6)40-85)19-25-59(65)60-26-20-56(34-66(60)78)98(93,94)86-41-49(7)30-50(8)42-86/h9-26,31-34,43-50,79-81,87H,27-30,35-42H2,1-8H3. The monoisotopic (exact) mass is 1390 g/mol. The van der Waals surface area contributed by atoms with E-state index in [1.807, 2.05) is 84.9 Å². The van der Waals surface area contributed by atoms with E-state index in [0.29, 0.717) is 112 Å². The van der Waals surface area contributed by atoms with Gasteiger partial charge in [-0.25, -0.2) is 34.6 Å². The van der Waals surface area contributed by atoms with Crippen LogP contribution in [0.2, 0.25) is 0 Å². The minimum absolute atomic E-state index is 0.0419. The van der Waals surface area contributed by atoms with Gasteiger partial charge in [-0.3, -0.25) is 4.79 Å². The fourth-order valence-corrected chi connectivity index (χ4v) is 25.0. The molecule has 4 saturated heterocycles. The number of Topliss-reactive ketones (excluding diaryl/α,β-unsaturated/α-hetero) is 1. The molecule has 9 atom stereocenters. The lowest BCUT2D eigenvalue weighted by molar-refractivity contribution is -0.109. The van der Waals surface area contributed by atoms with Crippen LogP contribution < -0.4 is 26.5 Å². The van der Waals surface area contributed by atoms with Crippen LogP contribution in [0.15, 0.2) is 164 Å². The van der Waals surface area contributed by atoms with Gasteiger partial charge in [-0.1, -0.05) is 128 Å². The van der Waals surface area contributed by atoms with Crippen molar-refractivity contribution in [3.05, 3.63) is 178 Å². The van der Waals surface area contributed by atoms with E-state index in [9.17, 15) is 5.11 Å². The molecule has 3 aliphatic carbocycles. The van der Waals surface area contributed by atoms with E-state index in [4.69, 9.17) is 4.99 Å². The van der Waals surface area contributed by atoms with Gasteiger partial charge in [0, 0.05) is 112 Å². The van der Waals surface area contributed by atoms with Crippen LogP contribution in [0.3, 0.4) is 0 Å². The Morgan fingerprint density at radius 2 is 0.867 bits per heavy atom. The van der Waals surface area contributed by atoms with Gasteiger partial charge in [0.15, 0.2) is 11.3 Å². The average molecular weight is 1390 g/mol. The molecule has 17 rings (SSSR count). The number of piperidine rings is 4. The van der Waals surface area contributed by atoms with E-state index >= 15 is 30.0 Å². The van der Waals surface area contributed by atoms with Gasteiger partial charge in [0.25, 0.3) is 0 Å². The van der Waals surface area contributed by atoms with Crippen molar-refractivity contribution in [1.29, 1.82) is 0 Å². The molecule has 16 nitrogen and oxygen atoms in total. The Bertz CT molecular complexity index is 5210. The predicted octanol–water partition coefficient (Wildman–Crippen LogP) is 13.3. The Kier molecular flexibility index (Phi) is 14.9. The molecular weight excluding hydrogens is 1310 g/mol. The smallest absolute Gasteiger partial charge is 0.243 e. The minimum atomic E-state index is -4.06. The molecule has 9 unspecified atom stereocenters. The van der Waals surface area contributed by atoms with E-state index in [1.54, 1.807) is 55.2 Å². The second kappa shape index (κ2) is 22.8. The van der Waals surface area contributed by atoms with Crippen molar-refractivity contribution >= 4 is 97.6 Å². The van der Waals surface area contributed by atoms with Crippen molar-refractivity contribution in [2.75, 3.05) is 68.3 Å². The van der Waals surface area contributed by atoms with E-state index in [-0.39, 0.29) is 67.1 Å². The summed E-state index contributed by atoms with van der Waals surface area (Å²) in [4.78, 5) is 23.1. The zero-order valence-electron chi connectivity index (χ0n) is 56.5. The molecule has 0 saturated carbocycles. The number of fused-ring (bicyclic) bond motifs is 10. The number of aliphatic hydroxyl groups excluding tert-OH is 1. The third kappa shape index (κ3) is 9.86. The number of nitrogens with one attached hydrogen (secondary N) is 3. The van der Waals surface area contributed by atoms with Gasteiger partial charge in [-0.15, -0.1) is 0 Å². The maximum Gasteiger partial charge on any atom is 0.243 e. The Labute approximate surface area is 578 Å². The molecule has 0 bridgehead atoms. The van der Waals surface area contributed by atoms with Gasteiger partial charge in [0.05, 0.1) is 36.9 Å². The molecule has 6 heterocycles. The van der Waals surface area contributed by atoms with Gasteiger partial charge in [0.1, 0.15) is 5.76 Å². The quantitative estimate of drug-likeness (QED) is 0.0996. The van der Waals surface area contributed by atoms with Gasteiger partial charge >= 0.3 is 0 Å². The summed E-state index contributed by atoms with van der Waals surface area (Å²) in [6, 6.07) is 41.7. The van der Waals surface area contributed by atoms with E-state index < -0.39 is 47.2 Å². The zero-order chi connectivity index (χ0) is 68.0. The number of benzene rings is 8. The van der Waals surface area contributed by atoms with E-state index in [1.165, 1.54) is 6.42 Å². The van der Waals surface area contributed by atoms with Crippen molar-refractivity contribution in [3.8, 4) is 22.3 Å². The van der Waals surface area contributed by atoms with E-state index in [0.717, 1.165) is 75.8 Å². The second-order valence-corrected chi connectivity index (χ2v) is 37.6. The number of aliphatic hydroxyl groups is 1. The van der Waals surface area contributed by atoms with Crippen LogP contribution in [-0.4, -0.2) is 106 Å². The first-order chi connectivity index (χ1) is 46.8. The summed E-state index contributed by atoms with van der Waals surface area (Å²) in [5.74, 6) is 1.38. The van der Waals surface area contributed by atoms with Crippen LogP contribution in [0.4, 0.5) is 17.1 Å². The SMILES string of the molecule is CC1CC(C)CN(Sc2ccc3c(c2)C2(Nc4cccc5ccc(C6=C(O)C(=c7ccc8cccc9c8c7=NC7(N9)c8cc(S(=O)(=O)N9CC(C)CC(C)C9)ccc8-c8ccc(S(=O)(=O)N9CC(C)CC(C)C9)cc87)C6=O)c(c45)N2)c2cc(S(=O)(=O)N4CC(C)CC(C)C4)ccc2-3)C1. The molecule has 0 amide bonds. The van der Waals surface area contributed by atoms with Crippen LogP contribution in [0.5, 0.6) is 0 Å². The number of rotatable bonds is 9. The summed E-state index contributed by atoms with van der Waals surface area (Å²) in [5, 5.41) is 28.7. The molecule has 2 spiro atoms. The Morgan fingerprint density at radius 3 is 1.37 bits per heavy atom. The molecule has 0 aromatic heterocycles. The summed E-state index contributed by atoms with van der Waals surface area (Å²) >= 11 is 1.74. The van der Waals surface area contributed by atoms with Crippen molar-refractivity contribution < 1.29 is 35.2 Å². The first-order valence-corrected chi connectivity index (χ1v) is 40.0. The maximum atomic E-state index is 16.0. The van der Waals surface area contributed by atoms with Gasteiger partial charge in [-0.05, 0) is 179 Å². The fourth-order valence-electron chi connectivity index (χ4n) is 18.6. The number of hydrogen-bond donors (Lipinski definition) is 4. The summed E-state index contributed by atoms with van der Waals surface area (Å²) in [5.41, 5.74) is 5.35.